The average Bonchev–Trinajstić information content (AvgIpc) is 2.17. The van der Waals surface area contributed by atoms with Crippen molar-refractivity contribution in [3.8, 4) is 0 Å². The van der Waals surface area contributed by atoms with Crippen LogP contribution in [0.2, 0.25) is 0 Å². The number of hydrogen-bond donors (Lipinski definition) is 0. The van der Waals surface area contributed by atoms with Crippen LogP contribution in [0.15, 0.2) is 0 Å². The summed E-state index contributed by atoms with van der Waals surface area (Å²) in [5, 5.41) is 0. The molecule has 1 aliphatic carbocycles. The van der Waals surface area contributed by atoms with Crippen molar-refractivity contribution in [3.05, 3.63) is 12.8 Å². The first-order chi connectivity index (χ1) is 3.29. The Labute approximate surface area is 109 Å². The van der Waals surface area contributed by atoms with Gasteiger partial charge in [0.15, 0.2) is 0 Å². The predicted molar refractivity (Wildman–Crippen MR) is 27.5 cm³/mol. The van der Waals surface area contributed by atoms with Gasteiger partial charge in [0, 0.05) is 0 Å². The van der Waals surface area contributed by atoms with Crippen molar-refractivity contribution in [1.82, 2.24) is 0 Å². The molecule has 1 saturated carbocycles. The van der Waals surface area contributed by atoms with Crippen molar-refractivity contribution in [3.63, 3.8) is 0 Å². The molecule has 0 aromatic carbocycles. The Balaban J connectivity index is 0.000000490. The number of rotatable bonds is 2. The Morgan fingerprint density at radius 1 is 1.62 bits per heavy atom. The zero-order chi connectivity index (χ0) is 5.28. The summed E-state index contributed by atoms with van der Waals surface area (Å²) in [6.07, 6.45) is 2.97. The van der Waals surface area contributed by atoms with Crippen molar-refractivity contribution in [2.45, 2.75) is 19.3 Å². The maximum Gasteiger partial charge on any atom is 1.00 e. The molecule has 0 atom stereocenters. The van der Waals surface area contributed by atoms with Crippen molar-refractivity contribution in [2.24, 2.45) is 0 Å². The van der Waals surface area contributed by atoms with Crippen molar-refractivity contribution in [2.75, 3.05) is 0 Å². The van der Waals surface area contributed by atoms with E-state index in [2.05, 4.69) is 6.92 Å². The van der Waals surface area contributed by atoms with E-state index < -0.39 is 0 Å². The quantitative estimate of drug-likeness (QED) is 0.508. The first-order valence-electron chi connectivity index (χ1n) is 2.47. The SMILES string of the molecule is [CH2-]C(=O)C[C-]1CC1.[Cs+]. The third kappa shape index (κ3) is 4.47. The van der Waals surface area contributed by atoms with Gasteiger partial charge in [0.05, 0.1) is 0 Å². The maximum absolute atomic E-state index is 10.2. The summed E-state index contributed by atoms with van der Waals surface area (Å²) in [5.74, 6) is 1.44. The van der Waals surface area contributed by atoms with Crippen LogP contribution in [0.25, 0.3) is 0 Å². The molecular formula is C6H8CsO-. The first-order valence-corrected chi connectivity index (χ1v) is 2.47. The molecule has 0 aliphatic heterocycles. The van der Waals surface area contributed by atoms with Crippen LogP contribution in [-0.2, 0) is 4.79 Å². The van der Waals surface area contributed by atoms with E-state index in [9.17, 15) is 4.79 Å². The van der Waals surface area contributed by atoms with Gasteiger partial charge in [-0.05, 0) is 5.78 Å². The third-order valence-corrected chi connectivity index (χ3v) is 1.05. The number of carbonyl (C=O) groups is 1. The smallest absolute Gasteiger partial charge is 0.342 e. The molecule has 8 heavy (non-hydrogen) atoms. The second kappa shape index (κ2) is 4.41. The molecule has 40 valence electrons. The van der Waals surface area contributed by atoms with E-state index in [-0.39, 0.29) is 74.7 Å². The molecule has 0 saturated heterocycles. The minimum absolute atomic E-state index is 0. The van der Waals surface area contributed by atoms with Gasteiger partial charge in [0.25, 0.3) is 0 Å². The Morgan fingerprint density at radius 2 is 2.12 bits per heavy atom. The van der Waals surface area contributed by atoms with Crippen LogP contribution >= 0.6 is 0 Å². The fourth-order valence-electron chi connectivity index (χ4n) is 0.544. The molecule has 1 rings (SSSR count). The molecule has 2 heteroatoms. The topological polar surface area (TPSA) is 17.1 Å². The minimum Gasteiger partial charge on any atom is -0.342 e. The van der Waals surface area contributed by atoms with E-state index >= 15 is 0 Å². The van der Waals surface area contributed by atoms with E-state index in [1.165, 1.54) is 18.8 Å². The largest absolute Gasteiger partial charge is 1.00 e. The van der Waals surface area contributed by atoms with Gasteiger partial charge in [0.1, 0.15) is 0 Å². The standard InChI is InChI=1S/C6H8O.Cs/c1-5(7)4-6-2-3-6;/h1-4H2;/q-2;+1. The maximum atomic E-state index is 10.2. The van der Waals surface area contributed by atoms with Crippen LogP contribution in [0, 0.1) is 12.8 Å². The summed E-state index contributed by atoms with van der Waals surface area (Å²) < 4.78 is 0. The number of hydrogen-bond acceptors (Lipinski definition) is 1. The molecule has 0 spiro atoms. The summed E-state index contributed by atoms with van der Waals surface area (Å²) in [7, 11) is 0. The second-order valence-electron chi connectivity index (χ2n) is 1.97. The molecule has 0 aromatic rings. The summed E-state index contributed by atoms with van der Waals surface area (Å²) in [4.78, 5) is 10.2. The van der Waals surface area contributed by atoms with E-state index in [0.29, 0.717) is 6.42 Å². The van der Waals surface area contributed by atoms with Crippen molar-refractivity contribution in [1.29, 1.82) is 0 Å². The molecule has 1 aliphatic rings. The molecule has 1 fully saturated rings. The molecular weight excluding hydrogens is 221 g/mol. The van der Waals surface area contributed by atoms with Crippen LogP contribution in [-0.4, -0.2) is 5.78 Å². The van der Waals surface area contributed by atoms with Crippen LogP contribution in [0.4, 0.5) is 0 Å². The Hall–Kier alpha value is 1.59. The first kappa shape index (κ1) is 9.59. The van der Waals surface area contributed by atoms with E-state index in [1.54, 1.807) is 0 Å². The predicted octanol–water partition coefficient (Wildman–Crippen LogP) is -1.85. The van der Waals surface area contributed by atoms with Gasteiger partial charge in [-0.2, -0.15) is 0 Å². The molecule has 0 heterocycles. The minimum atomic E-state index is 0. The fourth-order valence-corrected chi connectivity index (χ4v) is 0.544. The van der Waals surface area contributed by atoms with Gasteiger partial charge in [0.2, 0.25) is 0 Å². The summed E-state index contributed by atoms with van der Waals surface area (Å²) in [6, 6.07) is 0. The average molecular weight is 229 g/mol. The monoisotopic (exact) mass is 229 g/mol. The van der Waals surface area contributed by atoms with Crippen molar-refractivity contribution >= 4 is 5.78 Å². The van der Waals surface area contributed by atoms with Gasteiger partial charge in [-0.1, -0.05) is 0 Å². The van der Waals surface area contributed by atoms with Gasteiger partial charge in [-0.25, -0.2) is 12.8 Å². The second-order valence-corrected chi connectivity index (χ2v) is 1.97. The van der Waals surface area contributed by atoms with Crippen LogP contribution in [0.5, 0.6) is 0 Å². The Kier molecular flexibility index (Phi) is 5.29. The summed E-state index contributed by atoms with van der Waals surface area (Å²) in [6.45, 7) is 3.26. The normalized spacial score (nSPS) is 17.0. The molecule has 0 unspecified atom stereocenters. The number of carbonyl (C=O) groups excluding carboxylic acids is 1. The third-order valence-electron chi connectivity index (χ3n) is 1.05. The van der Waals surface area contributed by atoms with Crippen LogP contribution < -0.4 is 68.9 Å². The van der Waals surface area contributed by atoms with Crippen molar-refractivity contribution < 1.29 is 73.7 Å². The van der Waals surface area contributed by atoms with Gasteiger partial charge in [-0.15, -0.1) is 6.42 Å². The number of ketones is 1. The number of Topliss-reactive ketones (excluding diaryl/α,β-unsaturated/α-hetero) is 1. The van der Waals surface area contributed by atoms with Gasteiger partial charge in [-0.3, -0.25) is 0 Å². The summed E-state index contributed by atoms with van der Waals surface area (Å²) >= 11 is 0. The van der Waals surface area contributed by atoms with Crippen LogP contribution in [0.3, 0.4) is 0 Å². The van der Waals surface area contributed by atoms with Gasteiger partial charge >= 0.3 is 68.9 Å². The molecule has 0 amide bonds. The molecule has 0 aromatic heterocycles. The fraction of sp³-hybridized carbons (Fsp3) is 0.500. The van der Waals surface area contributed by atoms with E-state index in [0.717, 1.165) is 0 Å². The molecule has 0 bridgehead atoms. The van der Waals surface area contributed by atoms with Crippen LogP contribution in [0.1, 0.15) is 19.3 Å². The molecule has 1 nitrogen and oxygen atoms in total. The zero-order valence-electron chi connectivity index (χ0n) is 5.24. The van der Waals surface area contributed by atoms with Gasteiger partial charge < -0.3 is 17.6 Å². The van der Waals surface area contributed by atoms with E-state index in [4.69, 9.17) is 0 Å². The van der Waals surface area contributed by atoms with E-state index in [1.807, 2.05) is 0 Å². The summed E-state index contributed by atoms with van der Waals surface area (Å²) in [5.41, 5.74) is 0. The Morgan fingerprint density at radius 3 is 2.25 bits per heavy atom. The Bertz CT molecular complexity index is 86.5. The molecule has 0 N–H and O–H groups in total. The zero-order valence-corrected chi connectivity index (χ0v) is 11.5. The molecule has 0 radical (unpaired) electrons.